The molecule has 0 aliphatic heterocycles. The summed E-state index contributed by atoms with van der Waals surface area (Å²) in [5.74, 6) is 0.278. The van der Waals surface area contributed by atoms with Gasteiger partial charge in [-0.05, 0) is 31.8 Å². The van der Waals surface area contributed by atoms with Gasteiger partial charge in [0, 0.05) is 6.42 Å². The lowest BCUT2D eigenvalue weighted by Gasteiger charge is -1.95. The molecule has 0 amide bonds. The van der Waals surface area contributed by atoms with Gasteiger partial charge in [0.25, 0.3) is 0 Å². The predicted octanol–water partition coefficient (Wildman–Crippen LogP) is 2.63. The Morgan fingerprint density at radius 1 is 1.00 bits per heavy atom. The zero-order chi connectivity index (χ0) is 7.94. The van der Waals surface area contributed by atoms with Crippen LogP contribution < -0.4 is 0 Å². The molecule has 1 heteroatoms. The summed E-state index contributed by atoms with van der Waals surface area (Å²) in [6.07, 6.45) is 12.9. The maximum atomic E-state index is 11.0. The summed E-state index contributed by atoms with van der Waals surface area (Å²) in [5.41, 5.74) is 0. The first-order valence-electron chi connectivity index (χ1n) is 4.24. The van der Waals surface area contributed by atoms with Gasteiger partial charge in [-0.2, -0.15) is 0 Å². The third-order valence-corrected chi connectivity index (χ3v) is 1.76. The Morgan fingerprint density at radius 2 is 1.73 bits per heavy atom. The van der Waals surface area contributed by atoms with E-state index in [2.05, 4.69) is 12.2 Å². The van der Waals surface area contributed by atoms with Crippen molar-refractivity contribution in [3.8, 4) is 0 Å². The van der Waals surface area contributed by atoms with Gasteiger partial charge in [0.15, 0.2) is 5.78 Å². The first-order chi connectivity index (χ1) is 5.39. The van der Waals surface area contributed by atoms with Crippen LogP contribution in [0.25, 0.3) is 0 Å². The first-order valence-corrected chi connectivity index (χ1v) is 4.24. The minimum atomic E-state index is 0.278. The van der Waals surface area contributed by atoms with Crippen LogP contribution in [0, 0.1) is 0 Å². The zero-order valence-electron chi connectivity index (χ0n) is 6.75. The third kappa shape index (κ3) is 3.76. The normalized spacial score (nSPS) is 20.2. The molecule has 1 nitrogen and oxygen atoms in total. The van der Waals surface area contributed by atoms with E-state index in [1.807, 2.05) is 6.08 Å². The highest BCUT2D eigenvalue weighted by Gasteiger charge is 1.95. The van der Waals surface area contributed by atoms with E-state index in [1.165, 1.54) is 0 Å². The summed E-state index contributed by atoms with van der Waals surface area (Å²) >= 11 is 0. The second-order valence-electron chi connectivity index (χ2n) is 2.81. The molecule has 1 rings (SSSR count). The van der Waals surface area contributed by atoms with E-state index < -0.39 is 0 Å². The number of hydrogen-bond donors (Lipinski definition) is 0. The summed E-state index contributed by atoms with van der Waals surface area (Å²) in [5, 5.41) is 0. The molecule has 0 fully saturated rings. The topological polar surface area (TPSA) is 17.1 Å². The summed E-state index contributed by atoms with van der Waals surface area (Å²) in [7, 11) is 0. The largest absolute Gasteiger partial charge is 0.295 e. The molecule has 0 saturated carbocycles. The van der Waals surface area contributed by atoms with Gasteiger partial charge in [-0.1, -0.05) is 18.2 Å². The van der Waals surface area contributed by atoms with Crippen LogP contribution in [0.1, 0.15) is 32.1 Å². The van der Waals surface area contributed by atoms with Gasteiger partial charge in [0.1, 0.15) is 0 Å². The highest BCUT2D eigenvalue weighted by Crippen LogP contribution is 2.03. The zero-order valence-corrected chi connectivity index (χ0v) is 6.75. The van der Waals surface area contributed by atoms with E-state index in [9.17, 15) is 4.79 Å². The van der Waals surface area contributed by atoms with Crippen LogP contribution in [0.3, 0.4) is 0 Å². The lowest BCUT2D eigenvalue weighted by atomic mass is 10.1. The second-order valence-corrected chi connectivity index (χ2v) is 2.81. The van der Waals surface area contributed by atoms with Crippen LogP contribution in [0.4, 0.5) is 0 Å². The Bertz CT molecular complexity index is 177. The van der Waals surface area contributed by atoms with Crippen molar-refractivity contribution >= 4 is 5.78 Å². The van der Waals surface area contributed by atoms with Crippen LogP contribution in [0.2, 0.25) is 0 Å². The predicted molar refractivity (Wildman–Crippen MR) is 46.4 cm³/mol. The molecule has 0 aromatic heterocycles. The average Bonchev–Trinajstić information content (AvgIpc) is 2.03. The number of allylic oxidation sites excluding steroid dienone is 4. The number of carbonyl (C=O) groups is 1. The Kier molecular flexibility index (Phi) is 3.67. The minimum absolute atomic E-state index is 0.278. The van der Waals surface area contributed by atoms with Crippen LogP contribution in [0.15, 0.2) is 24.3 Å². The molecular formula is C10H14O. The van der Waals surface area contributed by atoms with Gasteiger partial charge in [-0.3, -0.25) is 4.79 Å². The van der Waals surface area contributed by atoms with Crippen molar-refractivity contribution < 1.29 is 4.79 Å². The maximum absolute atomic E-state index is 11.0. The van der Waals surface area contributed by atoms with Gasteiger partial charge in [0.05, 0.1) is 0 Å². The van der Waals surface area contributed by atoms with Crippen LogP contribution in [-0.4, -0.2) is 5.78 Å². The Labute approximate surface area is 67.8 Å². The van der Waals surface area contributed by atoms with Crippen molar-refractivity contribution in [1.82, 2.24) is 0 Å². The number of rotatable bonds is 0. The third-order valence-electron chi connectivity index (χ3n) is 1.76. The van der Waals surface area contributed by atoms with Gasteiger partial charge in [0.2, 0.25) is 0 Å². The standard InChI is InChI=1S/C10H14O/c11-10-8-6-4-2-1-3-5-7-9-10/h1-2,7,9H,3-6,8H2. The highest BCUT2D eigenvalue weighted by molar-refractivity contribution is 5.89. The Hall–Kier alpha value is -0.850. The van der Waals surface area contributed by atoms with Crippen molar-refractivity contribution in [3.63, 3.8) is 0 Å². The van der Waals surface area contributed by atoms with Crippen LogP contribution >= 0.6 is 0 Å². The fourth-order valence-electron chi connectivity index (χ4n) is 1.12. The molecule has 0 N–H and O–H groups in total. The van der Waals surface area contributed by atoms with E-state index in [1.54, 1.807) is 6.08 Å². The second kappa shape index (κ2) is 4.89. The van der Waals surface area contributed by atoms with Gasteiger partial charge < -0.3 is 0 Å². The molecule has 0 spiro atoms. The van der Waals surface area contributed by atoms with Gasteiger partial charge in [-0.15, -0.1) is 0 Å². The van der Waals surface area contributed by atoms with Gasteiger partial charge >= 0.3 is 0 Å². The fourth-order valence-corrected chi connectivity index (χ4v) is 1.12. The van der Waals surface area contributed by atoms with Crippen molar-refractivity contribution in [1.29, 1.82) is 0 Å². The van der Waals surface area contributed by atoms with Crippen molar-refractivity contribution in [2.75, 3.05) is 0 Å². The quantitative estimate of drug-likeness (QED) is 0.485. The fraction of sp³-hybridized carbons (Fsp3) is 0.500. The summed E-state index contributed by atoms with van der Waals surface area (Å²) in [6.45, 7) is 0. The number of ketones is 1. The molecule has 0 unspecified atom stereocenters. The van der Waals surface area contributed by atoms with Crippen molar-refractivity contribution in [3.05, 3.63) is 24.3 Å². The highest BCUT2D eigenvalue weighted by atomic mass is 16.1. The molecule has 1 aliphatic rings. The molecule has 0 aromatic carbocycles. The van der Waals surface area contributed by atoms with E-state index in [-0.39, 0.29) is 5.78 Å². The lowest BCUT2D eigenvalue weighted by Crippen LogP contribution is -1.92. The molecule has 0 heterocycles. The molecule has 0 aromatic rings. The molecule has 60 valence electrons. The van der Waals surface area contributed by atoms with E-state index >= 15 is 0 Å². The molecule has 0 atom stereocenters. The molecule has 0 bridgehead atoms. The number of hydrogen-bond acceptors (Lipinski definition) is 1. The van der Waals surface area contributed by atoms with Crippen LogP contribution in [-0.2, 0) is 4.79 Å². The average molecular weight is 150 g/mol. The smallest absolute Gasteiger partial charge is 0.155 e. The molecule has 0 saturated heterocycles. The lowest BCUT2D eigenvalue weighted by molar-refractivity contribution is -0.114. The molecule has 1 aliphatic carbocycles. The van der Waals surface area contributed by atoms with E-state index in [0.29, 0.717) is 6.42 Å². The first kappa shape index (κ1) is 8.25. The maximum Gasteiger partial charge on any atom is 0.155 e. The molecule has 11 heavy (non-hydrogen) atoms. The monoisotopic (exact) mass is 150 g/mol. The summed E-state index contributed by atoms with van der Waals surface area (Å²) in [4.78, 5) is 11.0. The van der Waals surface area contributed by atoms with Crippen LogP contribution in [0.5, 0.6) is 0 Å². The Balaban J connectivity index is 2.40. The SMILES string of the molecule is O=C1C=CCCC=CCCC1. The van der Waals surface area contributed by atoms with Crippen molar-refractivity contribution in [2.45, 2.75) is 32.1 Å². The Morgan fingerprint density at radius 3 is 2.64 bits per heavy atom. The molecular weight excluding hydrogens is 136 g/mol. The van der Waals surface area contributed by atoms with Gasteiger partial charge in [-0.25, -0.2) is 0 Å². The minimum Gasteiger partial charge on any atom is -0.295 e. The summed E-state index contributed by atoms with van der Waals surface area (Å²) < 4.78 is 0. The number of carbonyl (C=O) groups excluding carboxylic acids is 1. The van der Waals surface area contributed by atoms with E-state index in [0.717, 1.165) is 25.7 Å². The van der Waals surface area contributed by atoms with E-state index in [4.69, 9.17) is 0 Å². The summed E-state index contributed by atoms with van der Waals surface area (Å²) in [6, 6.07) is 0. The molecule has 0 radical (unpaired) electrons. The van der Waals surface area contributed by atoms with Crippen molar-refractivity contribution in [2.24, 2.45) is 0 Å².